The minimum absolute atomic E-state index is 0.0221. The van der Waals surface area contributed by atoms with Crippen LogP contribution in [0.4, 0.5) is 19.3 Å². The summed E-state index contributed by atoms with van der Waals surface area (Å²) in [5.41, 5.74) is 0.357. The number of aromatic nitrogens is 2. The summed E-state index contributed by atoms with van der Waals surface area (Å²) in [4.78, 5) is 43.0. The van der Waals surface area contributed by atoms with Gasteiger partial charge in [0.1, 0.15) is 27.9 Å². The number of urea groups is 1. The maximum atomic E-state index is 14.7. The van der Waals surface area contributed by atoms with Gasteiger partial charge in [0.05, 0.1) is 5.69 Å². The largest absolute Gasteiger partial charge is 0.454 e. The Morgan fingerprint density at radius 3 is 2.43 bits per heavy atom. The van der Waals surface area contributed by atoms with Crippen LogP contribution < -0.4 is 20.5 Å². The molecule has 1 aliphatic carbocycles. The third-order valence-corrected chi connectivity index (χ3v) is 11.1. The van der Waals surface area contributed by atoms with E-state index in [1.54, 1.807) is 45.9 Å². The predicted octanol–water partition coefficient (Wildman–Crippen LogP) is 5.99. The number of hydrogen-bond acceptors (Lipinski definition) is 6. The number of allylic oxidation sites excluding steroid dienone is 3. The maximum Gasteiger partial charge on any atom is 0.329 e. The third kappa shape index (κ3) is 4.82. The molecule has 10 nitrogen and oxygen atoms in total. The maximum absolute atomic E-state index is 14.7. The summed E-state index contributed by atoms with van der Waals surface area (Å²) in [6, 6.07) is 7.15. The highest BCUT2D eigenvalue weighted by Gasteiger charge is 2.43. The lowest BCUT2D eigenvalue weighted by Gasteiger charge is -2.31. The van der Waals surface area contributed by atoms with Crippen molar-refractivity contribution in [1.29, 1.82) is 0 Å². The molecule has 0 bridgehead atoms. The van der Waals surface area contributed by atoms with Crippen LogP contribution in [-0.4, -0.2) is 40.1 Å². The lowest BCUT2D eigenvalue weighted by atomic mass is 9.94. The number of nitrogens with zero attached hydrogens (tertiary/aromatic N) is 2. The van der Waals surface area contributed by atoms with Crippen molar-refractivity contribution in [2.24, 2.45) is 5.92 Å². The topological polar surface area (TPSA) is 131 Å². The highest BCUT2D eigenvalue weighted by Crippen LogP contribution is 2.42. The molecule has 3 amide bonds. The summed E-state index contributed by atoms with van der Waals surface area (Å²) in [5, 5.41) is 2.88. The highest BCUT2D eigenvalue weighted by atomic mass is 32.2. The SMILES string of the molecule is CC1=CC=CCC1(C)S(=O)(=O)n1ccc2c(-c3cc(N4C(=O)N[C@@H](C(C)C)C4=O)ccc3Oc3ccc(F)cc3F)c[nH]c(=O)c21. The Labute approximate surface area is 263 Å². The number of carbonyl (C=O) groups excluding carboxylic acids is 2. The molecule has 1 fully saturated rings. The van der Waals surface area contributed by atoms with Crippen LogP contribution in [0.25, 0.3) is 22.0 Å². The van der Waals surface area contributed by atoms with E-state index in [2.05, 4.69) is 10.3 Å². The van der Waals surface area contributed by atoms with Gasteiger partial charge in [-0.15, -0.1) is 0 Å². The molecule has 1 saturated heterocycles. The first-order chi connectivity index (χ1) is 21.7. The van der Waals surface area contributed by atoms with E-state index < -0.39 is 49.9 Å². The zero-order chi connectivity index (χ0) is 33.1. The average molecular weight is 649 g/mol. The first kappa shape index (κ1) is 31.0. The minimum Gasteiger partial charge on any atom is -0.454 e. The number of H-pyrrole nitrogens is 1. The first-order valence-corrected chi connectivity index (χ1v) is 15.9. The van der Waals surface area contributed by atoms with Crippen LogP contribution in [0.2, 0.25) is 0 Å². The monoisotopic (exact) mass is 648 g/mol. The quantitative estimate of drug-likeness (QED) is 0.237. The predicted molar refractivity (Wildman–Crippen MR) is 169 cm³/mol. The second-order valence-electron chi connectivity index (χ2n) is 11.8. The Balaban J connectivity index is 1.56. The first-order valence-electron chi connectivity index (χ1n) is 14.5. The van der Waals surface area contributed by atoms with Crippen LogP contribution in [0.1, 0.15) is 34.1 Å². The number of fused-ring (bicyclic) bond motifs is 1. The van der Waals surface area contributed by atoms with Gasteiger partial charge in [-0.05, 0) is 62.6 Å². The van der Waals surface area contributed by atoms with Gasteiger partial charge < -0.3 is 15.0 Å². The molecule has 2 aromatic heterocycles. The molecule has 0 spiro atoms. The zero-order valence-corrected chi connectivity index (χ0v) is 26.1. The normalized spacial score (nSPS) is 20.0. The van der Waals surface area contributed by atoms with Gasteiger partial charge in [-0.3, -0.25) is 9.59 Å². The molecule has 2 atom stereocenters. The molecule has 13 heteroatoms. The molecule has 1 unspecified atom stereocenters. The fourth-order valence-electron chi connectivity index (χ4n) is 5.76. The molecule has 0 saturated carbocycles. The number of halogens is 2. The second-order valence-corrected chi connectivity index (χ2v) is 14.1. The summed E-state index contributed by atoms with van der Waals surface area (Å²) >= 11 is 0. The Morgan fingerprint density at radius 1 is 1.02 bits per heavy atom. The molecule has 2 aliphatic rings. The van der Waals surface area contributed by atoms with Gasteiger partial charge >= 0.3 is 6.03 Å². The molecule has 46 heavy (non-hydrogen) atoms. The van der Waals surface area contributed by atoms with Crippen molar-refractivity contribution in [3.8, 4) is 22.6 Å². The van der Waals surface area contributed by atoms with Gasteiger partial charge in [0.2, 0.25) is 10.0 Å². The smallest absolute Gasteiger partial charge is 0.329 e. The number of amides is 3. The van der Waals surface area contributed by atoms with Crippen LogP contribution in [0.5, 0.6) is 11.5 Å². The van der Waals surface area contributed by atoms with Crippen LogP contribution in [-0.2, 0) is 14.8 Å². The number of carbonyl (C=O) groups is 2. The summed E-state index contributed by atoms with van der Waals surface area (Å²) in [7, 11) is -4.18. The Morgan fingerprint density at radius 2 is 1.76 bits per heavy atom. The summed E-state index contributed by atoms with van der Waals surface area (Å²) in [6.07, 6.45) is 8.07. The van der Waals surface area contributed by atoms with E-state index in [1.807, 2.05) is 0 Å². The fourth-order valence-corrected chi connectivity index (χ4v) is 7.62. The van der Waals surface area contributed by atoms with Gasteiger partial charge in [-0.25, -0.2) is 30.9 Å². The number of pyridine rings is 1. The number of nitrogens with one attached hydrogen (secondary N) is 2. The molecule has 6 rings (SSSR count). The number of ether oxygens (including phenoxy) is 1. The van der Waals surface area contributed by atoms with Crippen LogP contribution in [0.15, 0.2) is 83.5 Å². The number of imide groups is 1. The van der Waals surface area contributed by atoms with Gasteiger partial charge in [0.25, 0.3) is 11.5 Å². The Bertz CT molecular complexity index is 2170. The molecule has 2 aromatic carbocycles. The van der Waals surface area contributed by atoms with E-state index in [-0.39, 0.29) is 51.6 Å². The molecule has 3 heterocycles. The molecule has 4 aromatic rings. The van der Waals surface area contributed by atoms with Gasteiger partial charge in [0.15, 0.2) is 11.6 Å². The van der Waals surface area contributed by atoms with E-state index in [0.29, 0.717) is 11.6 Å². The lowest BCUT2D eigenvalue weighted by molar-refractivity contribution is -0.119. The number of aromatic amines is 1. The van der Waals surface area contributed by atoms with Gasteiger partial charge in [-0.2, -0.15) is 0 Å². The number of anilines is 1. The van der Waals surface area contributed by atoms with E-state index in [9.17, 15) is 31.6 Å². The van der Waals surface area contributed by atoms with E-state index >= 15 is 0 Å². The van der Waals surface area contributed by atoms with Gasteiger partial charge in [-0.1, -0.05) is 37.6 Å². The number of rotatable bonds is 7. The Kier molecular flexibility index (Phi) is 7.46. The van der Waals surface area contributed by atoms with Crippen molar-refractivity contribution in [3.05, 3.63) is 101 Å². The van der Waals surface area contributed by atoms with Crippen molar-refractivity contribution in [3.63, 3.8) is 0 Å². The van der Waals surface area contributed by atoms with E-state index in [4.69, 9.17) is 4.74 Å². The summed E-state index contributed by atoms with van der Waals surface area (Å²) in [5.74, 6) is -2.75. The van der Waals surface area contributed by atoms with Crippen LogP contribution in [0.3, 0.4) is 0 Å². The van der Waals surface area contributed by atoms with Crippen molar-refractivity contribution >= 4 is 38.6 Å². The third-order valence-electron chi connectivity index (χ3n) is 8.62. The Hall–Kier alpha value is -5.04. The number of hydrogen-bond donors (Lipinski definition) is 2. The number of benzene rings is 2. The van der Waals surface area contributed by atoms with Crippen molar-refractivity contribution < 1.29 is 31.5 Å². The molecular formula is C33H30F2N4O6S. The second kappa shape index (κ2) is 11.1. The zero-order valence-electron chi connectivity index (χ0n) is 25.3. The van der Waals surface area contributed by atoms with Crippen LogP contribution >= 0.6 is 0 Å². The molecule has 2 N–H and O–H groups in total. The highest BCUT2D eigenvalue weighted by molar-refractivity contribution is 7.91. The van der Waals surface area contributed by atoms with Crippen molar-refractivity contribution in [1.82, 2.24) is 14.3 Å². The lowest BCUT2D eigenvalue weighted by Crippen LogP contribution is -2.41. The van der Waals surface area contributed by atoms with Crippen molar-refractivity contribution in [2.75, 3.05) is 4.90 Å². The van der Waals surface area contributed by atoms with E-state index in [0.717, 1.165) is 21.0 Å². The fraction of sp³-hybridized carbons (Fsp3) is 0.242. The van der Waals surface area contributed by atoms with Crippen LogP contribution in [0, 0.1) is 17.6 Å². The standard InChI is InChI=1S/C33H30F2N4O6S/c1-18(2)28-31(41)39(32(42)37-28)21-9-11-26(45-27-10-8-20(34)15-25(27)35)23(16-21)24-17-36-30(40)29-22(24)12-14-38(29)46(43,44)33(4)13-6-5-7-19(33)3/h5-12,14-18,28H,13H2,1-4H3,(H,36,40)(H,37,42)/t28-,33?/m0/s1. The summed E-state index contributed by atoms with van der Waals surface area (Å²) < 4.78 is 62.1. The van der Waals surface area contributed by atoms with E-state index in [1.165, 1.54) is 36.7 Å². The molecule has 1 aliphatic heterocycles. The summed E-state index contributed by atoms with van der Waals surface area (Å²) in [6.45, 7) is 6.90. The molecular weight excluding hydrogens is 618 g/mol. The van der Waals surface area contributed by atoms with Crippen molar-refractivity contribution in [2.45, 2.75) is 44.9 Å². The average Bonchev–Trinajstić information content (AvgIpc) is 3.59. The van der Waals surface area contributed by atoms with Gasteiger partial charge in [0, 0.05) is 35.0 Å². The molecule has 0 radical (unpaired) electrons. The molecule has 238 valence electrons. The minimum atomic E-state index is -4.18.